The van der Waals surface area contributed by atoms with Gasteiger partial charge >= 0.3 is 31.7 Å². The van der Waals surface area contributed by atoms with Crippen molar-refractivity contribution in [3.63, 3.8) is 0 Å². The second-order valence-corrected chi connectivity index (χ2v) is 40.1. The quantitative estimate of drug-likeness (QED) is 0.0654. The van der Waals surface area contributed by atoms with Gasteiger partial charge in [0.05, 0.1) is 125 Å². The number of ether oxygens (including phenoxy) is 4. The number of nitrogen functional groups attached to an aromatic ring is 1. The number of aromatic nitrogens is 3. The minimum Gasteiger partial charge on any atom is -0.489 e. The SMILES string of the molecule is C.CC(C)(C)OC(=O)N1CC=C(B2OC(C)(C)C(C)(C)O2)CC1.Cl.Nc1cncs1.O=S(=O)(Cc1cncs1)c1ccc2c(c1)OCCN2c1ccc(C(F)(F)F)cc1Br.O=S(=O)(Cc1cncs1)c1ccc2c(c1)OCCN2c1ccc(C(F)(F)F)cc1C1=CCNCC1.O=S(=O)(Cl)c1ccc2c(c1)OCCN2c1ccc(C(F)(F)F)cc1Br. The third-order valence-electron chi connectivity index (χ3n) is 19.1. The molecular weight excluding hydrogens is 1880 g/mol. The zero-order valence-electron chi connectivity index (χ0n) is 64.4. The second-order valence-electron chi connectivity index (χ2n) is 29.0. The number of carbonyl (C=O) groups excluding carboxylic acids is 1. The van der Waals surface area contributed by atoms with E-state index in [1.165, 1.54) is 113 Å². The number of hydrogen-bond donors (Lipinski definition) is 2. The first-order chi connectivity index (χ1) is 55.2. The normalized spacial score (nSPS) is 16.3. The lowest BCUT2D eigenvalue weighted by Crippen LogP contribution is -2.41. The predicted molar refractivity (Wildman–Crippen MR) is 458 cm³/mol. The van der Waals surface area contributed by atoms with Crippen molar-refractivity contribution in [3.8, 4) is 17.2 Å². The molecule has 6 aliphatic heterocycles. The molecule has 0 saturated carbocycles. The maximum atomic E-state index is 13.5. The summed E-state index contributed by atoms with van der Waals surface area (Å²) >= 11 is 10.4. The minimum atomic E-state index is -4.45. The van der Waals surface area contributed by atoms with Crippen molar-refractivity contribution in [2.75, 3.05) is 86.1 Å². The zero-order valence-corrected chi connectivity index (χ0v) is 74.0. The van der Waals surface area contributed by atoms with E-state index < -0.39 is 69.5 Å². The molecule has 0 spiro atoms. The molecule has 0 unspecified atom stereocenters. The predicted octanol–water partition coefficient (Wildman–Crippen LogP) is 20.4. The largest absolute Gasteiger partial charge is 0.490 e. The molecule has 22 nitrogen and oxygen atoms in total. The molecule has 120 heavy (non-hydrogen) atoms. The van der Waals surface area contributed by atoms with E-state index in [2.05, 4.69) is 52.1 Å². The zero-order chi connectivity index (χ0) is 85.7. The number of amides is 1. The Kier molecular flexibility index (Phi) is 31.2. The molecule has 1 amide bonds. The third kappa shape index (κ3) is 24.2. The number of anilines is 7. The van der Waals surface area contributed by atoms with Crippen LogP contribution < -0.4 is 40.0 Å². The molecule has 15 rings (SSSR count). The molecule has 9 heterocycles. The van der Waals surface area contributed by atoms with Crippen LogP contribution in [0.3, 0.4) is 0 Å². The smallest absolute Gasteiger partial charge is 0.489 e. The number of thiazole rings is 3. The van der Waals surface area contributed by atoms with Crippen molar-refractivity contribution in [2.45, 2.75) is 130 Å². The van der Waals surface area contributed by atoms with Crippen LogP contribution in [0.2, 0.25) is 0 Å². The number of fused-ring (bicyclic) bond motifs is 3. The molecule has 1 fully saturated rings. The number of nitrogens with two attached hydrogens (primary N) is 1. The average molecular weight is 1960 g/mol. The number of sulfone groups is 2. The van der Waals surface area contributed by atoms with Crippen LogP contribution >= 0.6 is 89.0 Å². The third-order valence-corrected chi connectivity index (χ3v) is 27.6. The van der Waals surface area contributed by atoms with E-state index in [9.17, 15) is 69.6 Å². The molecule has 3 N–H and O–H groups in total. The first-order valence-electron chi connectivity index (χ1n) is 36.0. The Morgan fingerprint density at radius 3 is 1.33 bits per heavy atom. The van der Waals surface area contributed by atoms with Gasteiger partial charge in [-0.2, -0.15) is 39.5 Å². The van der Waals surface area contributed by atoms with Gasteiger partial charge in [0.1, 0.15) is 47.7 Å². The van der Waals surface area contributed by atoms with Gasteiger partial charge < -0.3 is 58.9 Å². The van der Waals surface area contributed by atoms with E-state index in [0.717, 1.165) is 52.8 Å². The number of carbonyl (C=O) groups is 1. The first-order valence-corrected chi connectivity index (χ1v) is 45.9. The standard InChI is InChI=1S/C24H22F3N3O3S2.C19H14BrF3N2O3S2.C16H28BNO4.C15H10BrClF3NO3S.C3H4N2S.CH4.ClH/c25-24(26,27)17-1-3-21(20(11-17)16-5-7-28-8-6-16)30-9-10-33-23-12-19(2-4-22(23)30)35(31,32)14-18-13-29-15-34-18;20-15-7-12(19(21,22)23)1-3-16(15)25-5-6-28-18-8-14(2-4-17(18)25)30(26,27)10-13-9-24-11-29-13;1-14(2,3)20-13(19)18-10-8-12(9-11-18)17-21-15(4,5)16(6,7)22-17;16-11-7-9(15(18,19)20)1-3-12(11)21-5-6-24-14-8-10(25(17,22)23)2-4-13(14)21;4-3-1-5-2-6-3;;/h1-5,11-13,15,28H,6-10,14H2;1-4,7-9,11H,5-6,10H2;8H,9-11H2,1-7H3;1-4,7-8H,5-6H2;1-2H,4H2;1H4;1H. The summed E-state index contributed by atoms with van der Waals surface area (Å²) in [6, 6.07) is 23.9. The lowest BCUT2D eigenvalue weighted by Gasteiger charge is -2.34. The Morgan fingerprint density at radius 1 is 0.567 bits per heavy atom. The number of nitrogens with zero attached hydrogens (tertiary/aromatic N) is 7. The molecule has 9 aromatic rings. The molecule has 0 bridgehead atoms. The summed E-state index contributed by atoms with van der Waals surface area (Å²) in [7, 11) is -6.10. The fraction of sp³-hybridized carbons (Fsp3) is 0.359. The number of nitrogens with one attached hydrogen (secondary N) is 1. The van der Waals surface area contributed by atoms with E-state index >= 15 is 0 Å². The van der Waals surface area contributed by atoms with E-state index in [0.29, 0.717) is 119 Å². The van der Waals surface area contributed by atoms with Crippen LogP contribution in [0.5, 0.6) is 17.2 Å². The fourth-order valence-electron chi connectivity index (χ4n) is 12.5. The number of hydrogen-bond acceptors (Lipinski definition) is 24. The Labute approximate surface area is 729 Å². The molecule has 648 valence electrons. The summed E-state index contributed by atoms with van der Waals surface area (Å²) in [6.45, 7) is 18.2. The van der Waals surface area contributed by atoms with Crippen LogP contribution in [0.1, 0.15) is 101 Å². The van der Waals surface area contributed by atoms with Gasteiger partial charge in [0.2, 0.25) is 0 Å². The summed E-state index contributed by atoms with van der Waals surface area (Å²) < 4.78 is 227. The van der Waals surface area contributed by atoms with E-state index in [1.807, 2.05) is 65.5 Å². The second kappa shape index (κ2) is 39.0. The molecule has 0 atom stereocenters. The van der Waals surface area contributed by atoms with Crippen LogP contribution in [0.15, 0.2) is 186 Å². The summed E-state index contributed by atoms with van der Waals surface area (Å²) in [5.41, 5.74) is 12.6. The maximum Gasteiger partial charge on any atom is 0.490 e. The highest BCUT2D eigenvalue weighted by Crippen LogP contribution is 2.48. The van der Waals surface area contributed by atoms with Crippen LogP contribution in [0.25, 0.3) is 5.57 Å². The van der Waals surface area contributed by atoms with Gasteiger partial charge in [-0.15, -0.1) is 46.4 Å². The highest BCUT2D eigenvalue weighted by molar-refractivity contribution is 9.11. The minimum absolute atomic E-state index is 0. The molecule has 0 radical (unpaired) electrons. The van der Waals surface area contributed by atoms with E-state index in [1.54, 1.807) is 49.6 Å². The molecular formula is C78H83BBr2Cl2F9N9O13S6. The molecule has 3 aromatic heterocycles. The monoisotopic (exact) mass is 1960 g/mol. The van der Waals surface area contributed by atoms with Crippen LogP contribution in [-0.2, 0) is 72.8 Å². The highest BCUT2D eigenvalue weighted by atomic mass is 79.9. The molecule has 1 saturated heterocycles. The fourth-order valence-corrected chi connectivity index (χ4v) is 19.5. The summed E-state index contributed by atoms with van der Waals surface area (Å²) in [5, 5.41) is 3.96. The van der Waals surface area contributed by atoms with Crippen molar-refractivity contribution in [2.24, 2.45) is 0 Å². The first kappa shape index (κ1) is 96.1. The van der Waals surface area contributed by atoms with Crippen molar-refractivity contribution in [3.05, 3.63) is 203 Å². The van der Waals surface area contributed by atoms with Crippen molar-refractivity contribution in [1.29, 1.82) is 0 Å². The molecule has 42 heteroatoms. The average Bonchev–Trinajstić information content (AvgIpc) is 1.36. The number of rotatable bonds is 12. The Hall–Kier alpha value is -7.74. The lowest BCUT2D eigenvalue weighted by atomic mass is 9.75. The Morgan fingerprint density at radius 2 is 0.975 bits per heavy atom. The number of halogens is 13. The van der Waals surface area contributed by atoms with Gasteiger partial charge in [0, 0.05) is 90.9 Å². The van der Waals surface area contributed by atoms with Gasteiger partial charge in [-0.1, -0.05) is 19.6 Å². The van der Waals surface area contributed by atoms with Crippen LogP contribution in [0, 0.1) is 0 Å². The summed E-state index contributed by atoms with van der Waals surface area (Å²) in [4.78, 5) is 32.1. The Balaban J connectivity index is 0.000000179. The lowest BCUT2D eigenvalue weighted by molar-refractivity contribution is -0.138. The van der Waals surface area contributed by atoms with Gasteiger partial charge in [0.25, 0.3) is 9.05 Å². The maximum absolute atomic E-state index is 13.5. The number of benzene rings is 6. The summed E-state index contributed by atoms with van der Waals surface area (Å²) in [5.74, 6) is 0.709. The van der Waals surface area contributed by atoms with Crippen LogP contribution in [0.4, 0.5) is 83.4 Å². The number of alkyl halides is 9. The van der Waals surface area contributed by atoms with Gasteiger partial charge in [-0.05, 0) is 202 Å². The molecule has 6 aromatic carbocycles. The molecule has 6 aliphatic rings. The van der Waals surface area contributed by atoms with Gasteiger partial charge in [0.15, 0.2) is 19.7 Å². The highest BCUT2D eigenvalue weighted by Gasteiger charge is 2.53. The topological polar surface area (TPSA) is 265 Å². The van der Waals surface area contributed by atoms with E-state index in [-0.39, 0.29) is 99.2 Å². The summed E-state index contributed by atoms with van der Waals surface area (Å²) in [6.07, 6.45) is -3.63. The Bertz CT molecular complexity index is 5510. The van der Waals surface area contributed by atoms with Crippen LogP contribution in [-0.4, -0.2) is 141 Å². The van der Waals surface area contributed by atoms with Crippen molar-refractivity contribution < 1.29 is 97.8 Å². The van der Waals surface area contributed by atoms with E-state index in [4.69, 9.17) is 44.7 Å². The van der Waals surface area contributed by atoms with Gasteiger partial charge in [-0.25, -0.2) is 30.0 Å². The van der Waals surface area contributed by atoms with Crippen molar-refractivity contribution >= 4 is 176 Å². The molecule has 0 aliphatic carbocycles. The van der Waals surface area contributed by atoms with Gasteiger partial charge in [-0.3, -0.25) is 15.0 Å². The van der Waals surface area contributed by atoms with Crippen molar-refractivity contribution in [1.82, 2.24) is 25.2 Å².